The summed E-state index contributed by atoms with van der Waals surface area (Å²) in [6.07, 6.45) is 0.666. The maximum Gasteiger partial charge on any atom is 0.315 e. The van der Waals surface area contributed by atoms with E-state index in [1.165, 1.54) is 23.5 Å². The van der Waals surface area contributed by atoms with E-state index in [4.69, 9.17) is 16.0 Å². The summed E-state index contributed by atoms with van der Waals surface area (Å²) in [4.78, 5) is 17.2. The predicted octanol–water partition coefficient (Wildman–Crippen LogP) is 6.02. The van der Waals surface area contributed by atoms with Crippen molar-refractivity contribution in [2.75, 3.05) is 11.9 Å². The molecule has 164 valence electrons. The van der Waals surface area contributed by atoms with Crippen LogP contribution in [0.15, 0.2) is 71.1 Å². The van der Waals surface area contributed by atoms with Gasteiger partial charge in [0.1, 0.15) is 5.82 Å². The van der Waals surface area contributed by atoms with E-state index in [1.54, 1.807) is 12.1 Å². The van der Waals surface area contributed by atoms with Crippen molar-refractivity contribution in [2.24, 2.45) is 0 Å². The largest absolute Gasteiger partial charge is 0.400 e. The van der Waals surface area contributed by atoms with Gasteiger partial charge in [0, 0.05) is 11.6 Å². The zero-order valence-electron chi connectivity index (χ0n) is 17.1. The highest BCUT2D eigenvalue weighted by Gasteiger charge is 2.21. The molecule has 33 heavy (non-hydrogen) atoms. The molecule has 5 aromatic rings. The molecule has 0 saturated carbocycles. The summed E-state index contributed by atoms with van der Waals surface area (Å²) in [6.45, 7) is 0.521. The number of hydrogen-bond acceptors (Lipinski definition) is 7. The molecule has 0 spiro atoms. The van der Waals surface area contributed by atoms with E-state index in [-0.39, 0.29) is 22.7 Å². The lowest BCUT2D eigenvalue weighted by Gasteiger charge is -2.03. The molecule has 0 amide bonds. The van der Waals surface area contributed by atoms with Crippen LogP contribution in [0.2, 0.25) is 5.02 Å². The maximum atomic E-state index is 13.2. The third kappa shape index (κ3) is 4.62. The zero-order chi connectivity index (χ0) is 22.8. The Morgan fingerprint density at radius 3 is 2.64 bits per heavy atom. The standard InChI is InChI=1S/C24H16ClFN4O2S/c25-18-4-2-1-3-15(18)11-12-27-24-30-29-22(32-24)21(31)23-28-19-10-7-16(13-20(19)33-23)14-5-8-17(26)9-6-14/h1-10,13H,11-12H2,(H,27,30). The second-order valence-electron chi connectivity index (χ2n) is 7.22. The summed E-state index contributed by atoms with van der Waals surface area (Å²) in [7, 11) is 0. The summed E-state index contributed by atoms with van der Waals surface area (Å²) in [5.41, 5.74) is 3.47. The average Bonchev–Trinajstić information content (AvgIpc) is 3.47. The molecule has 0 bridgehead atoms. The SMILES string of the molecule is O=C(c1nnc(NCCc2ccccc2Cl)o1)c1nc2ccc(-c3ccc(F)cc3)cc2s1. The normalized spacial score (nSPS) is 11.1. The number of rotatable bonds is 7. The number of nitrogens with one attached hydrogen (secondary N) is 1. The minimum Gasteiger partial charge on any atom is -0.400 e. The van der Waals surface area contributed by atoms with E-state index in [0.29, 0.717) is 23.5 Å². The Morgan fingerprint density at radius 2 is 1.82 bits per heavy atom. The molecule has 2 heterocycles. The van der Waals surface area contributed by atoms with E-state index >= 15 is 0 Å². The molecule has 0 aliphatic rings. The van der Waals surface area contributed by atoms with Gasteiger partial charge in [-0.05, 0) is 53.4 Å². The fourth-order valence-corrected chi connectivity index (χ4v) is 4.49. The van der Waals surface area contributed by atoms with Crippen molar-refractivity contribution < 1.29 is 13.6 Å². The highest BCUT2D eigenvalue weighted by molar-refractivity contribution is 7.20. The van der Waals surface area contributed by atoms with Crippen LogP contribution in [-0.2, 0) is 6.42 Å². The van der Waals surface area contributed by atoms with Gasteiger partial charge in [-0.25, -0.2) is 9.37 Å². The summed E-state index contributed by atoms with van der Waals surface area (Å²) in [5, 5.41) is 11.7. The first-order valence-corrected chi connectivity index (χ1v) is 11.3. The highest BCUT2D eigenvalue weighted by Crippen LogP contribution is 2.29. The quantitative estimate of drug-likeness (QED) is 0.288. The van der Waals surface area contributed by atoms with Crippen molar-refractivity contribution in [3.63, 3.8) is 0 Å². The summed E-state index contributed by atoms with van der Waals surface area (Å²) >= 11 is 7.40. The number of hydrogen-bond donors (Lipinski definition) is 1. The number of ketones is 1. The van der Waals surface area contributed by atoms with Crippen molar-refractivity contribution >= 4 is 45.0 Å². The lowest BCUT2D eigenvalue weighted by molar-refractivity contribution is 0.100. The average molecular weight is 479 g/mol. The van der Waals surface area contributed by atoms with Gasteiger partial charge in [0.25, 0.3) is 11.7 Å². The van der Waals surface area contributed by atoms with Gasteiger partial charge in [0.2, 0.25) is 0 Å². The van der Waals surface area contributed by atoms with Crippen molar-refractivity contribution in [2.45, 2.75) is 6.42 Å². The van der Waals surface area contributed by atoms with Crippen molar-refractivity contribution in [3.05, 3.63) is 94.0 Å². The number of nitrogens with zero attached hydrogens (tertiary/aromatic N) is 3. The summed E-state index contributed by atoms with van der Waals surface area (Å²) in [6, 6.07) is 19.6. The fraction of sp³-hybridized carbons (Fsp3) is 0.0833. The number of aromatic nitrogens is 3. The molecular weight excluding hydrogens is 463 g/mol. The second kappa shape index (κ2) is 9.09. The molecule has 2 aromatic heterocycles. The Hall–Kier alpha value is -3.62. The molecular formula is C24H16ClFN4O2S. The van der Waals surface area contributed by atoms with Crippen molar-refractivity contribution in [1.82, 2.24) is 15.2 Å². The van der Waals surface area contributed by atoms with Crippen LogP contribution in [0.1, 0.15) is 21.3 Å². The molecule has 0 atom stereocenters. The first kappa shape index (κ1) is 21.2. The number of benzene rings is 3. The molecule has 0 aliphatic carbocycles. The molecule has 3 aromatic carbocycles. The molecule has 5 rings (SSSR count). The van der Waals surface area contributed by atoms with Crippen LogP contribution in [-0.4, -0.2) is 27.5 Å². The van der Waals surface area contributed by atoms with Gasteiger partial charge in [0.05, 0.1) is 10.2 Å². The number of carbonyl (C=O) groups excluding carboxylic acids is 1. The van der Waals surface area contributed by atoms with Crippen LogP contribution in [0, 0.1) is 5.82 Å². The Labute approximate surface area is 197 Å². The first-order valence-electron chi connectivity index (χ1n) is 10.1. The van der Waals surface area contributed by atoms with E-state index in [2.05, 4.69) is 20.5 Å². The lowest BCUT2D eigenvalue weighted by Crippen LogP contribution is -2.05. The molecule has 0 fully saturated rings. The van der Waals surface area contributed by atoms with Crippen LogP contribution in [0.3, 0.4) is 0 Å². The van der Waals surface area contributed by atoms with E-state index < -0.39 is 5.78 Å². The van der Waals surface area contributed by atoms with Crippen LogP contribution in [0.4, 0.5) is 10.4 Å². The maximum absolute atomic E-state index is 13.2. The molecule has 9 heteroatoms. The van der Waals surface area contributed by atoms with Crippen LogP contribution in [0.5, 0.6) is 0 Å². The predicted molar refractivity (Wildman–Crippen MR) is 126 cm³/mol. The minimum absolute atomic E-state index is 0.131. The van der Waals surface area contributed by atoms with Gasteiger partial charge < -0.3 is 9.73 Å². The Bertz CT molecular complexity index is 1450. The highest BCUT2D eigenvalue weighted by atomic mass is 35.5. The van der Waals surface area contributed by atoms with Crippen molar-refractivity contribution in [3.8, 4) is 11.1 Å². The topological polar surface area (TPSA) is 80.9 Å². The lowest BCUT2D eigenvalue weighted by atomic mass is 10.1. The monoisotopic (exact) mass is 478 g/mol. The van der Waals surface area contributed by atoms with Gasteiger partial charge in [-0.2, -0.15) is 0 Å². The smallest absolute Gasteiger partial charge is 0.315 e. The van der Waals surface area contributed by atoms with Crippen LogP contribution < -0.4 is 5.32 Å². The summed E-state index contributed by atoms with van der Waals surface area (Å²) < 4.78 is 19.5. The van der Waals surface area contributed by atoms with Crippen LogP contribution in [0.25, 0.3) is 21.3 Å². The number of fused-ring (bicyclic) bond motifs is 1. The van der Waals surface area contributed by atoms with Gasteiger partial charge in [0.15, 0.2) is 5.01 Å². The number of carbonyl (C=O) groups is 1. The molecule has 0 radical (unpaired) electrons. The van der Waals surface area contributed by atoms with E-state index in [9.17, 15) is 9.18 Å². The summed E-state index contributed by atoms with van der Waals surface area (Å²) in [5.74, 6) is -0.859. The van der Waals surface area contributed by atoms with Gasteiger partial charge in [-0.3, -0.25) is 4.79 Å². The number of anilines is 1. The van der Waals surface area contributed by atoms with Gasteiger partial charge >= 0.3 is 6.01 Å². The fourth-order valence-electron chi connectivity index (χ4n) is 3.33. The molecule has 1 N–H and O–H groups in total. The van der Waals surface area contributed by atoms with Crippen LogP contribution >= 0.6 is 22.9 Å². The molecule has 0 aliphatic heterocycles. The Morgan fingerprint density at radius 1 is 1.03 bits per heavy atom. The van der Waals surface area contributed by atoms with E-state index in [1.807, 2.05) is 42.5 Å². The third-order valence-electron chi connectivity index (χ3n) is 5.01. The molecule has 0 saturated heterocycles. The van der Waals surface area contributed by atoms with Gasteiger partial charge in [-0.1, -0.05) is 53.1 Å². The van der Waals surface area contributed by atoms with Crippen molar-refractivity contribution in [1.29, 1.82) is 0 Å². The minimum atomic E-state index is -0.439. The Balaban J connectivity index is 1.29. The van der Waals surface area contributed by atoms with Gasteiger partial charge in [-0.15, -0.1) is 16.4 Å². The second-order valence-corrected chi connectivity index (χ2v) is 8.66. The first-order chi connectivity index (χ1) is 16.1. The third-order valence-corrected chi connectivity index (χ3v) is 6.39. The zero-order valence-corrected chi connectivity index (χ0v) is 18.7. The molecule has 0 unspecified atom stereocenters. The molecule has 6 nitrogen and oxygen atoms in total. The number of halogens is 2. The Kier molecular flexibility index (Phi) is 5.85. The van der Waals surface area contributed by atoms with E-state index in [0.717, 1.165) is 21.4 Å². The number of thiazole rings is 1.